The molecule has 2 unspecified atom stereocenters. The number of carbonyl (C=O) groups is 1. The third-order valence-electron chi connectivity index (χ3n) is 11.2. The predicted molar refractivity (Wildman–Crippen MR) is 243 cm³/mol. The molecule has 0 radical (unpaired) electrons. The van der Waals surface area contributed by atoms with Gasteiger partial charge < -0.3 is 39.9 Å². The monoisotopic (exact) mass is 940 g/mol. The smallest absolute Gasteiger partial charge is 0.457 e. The van der Waals surface area contributed by atoms with Gasteiger partial charge in [0.25, 0.3) is 0 Å². The summed E-state index contributed by atoms with van der Waals surface area (Å²) in [5, 5.41) is 20.9. The second-order valence-electron chi connectivity index (χ2n) is 17.0. The highest BCUT2D eigenvalue weighted by molar-refractivity contribution is 7.61. The first-order chi connectivity index (χ1) is 30.3. The van der Waals surface area contributed by atoms with Gasteiger partial charge >= 0.3 is 27.3 Å². The van der Waals surface area contributed by atoms with Crippen molar-refractivity contribution < 1.29 is 61.5 Å². The van der Waals surface area contributed by atoms with E-state index in [1.165, 1.54) is 134 Å². The number of unbranched alkanes of at least 4 members (excludes halogenated alkanes) is 25. The average Bonchev–Trinajstić information content (AvgIpc) is 3.51. The van der Waals surface area contributed by atoms with Gasteiger partial charge in [-0.15, -0.1) is 0 Å². The molecule has 1 aliphatic heterocycles. The van der Waals surface area contributed by atoms with Crippen LogP contribution in [0.4, 0.5) is 5.82 Å². The van der Waals surface area contributed by atoms with Crippen molar-refractivity contribution in [3.05, 3.63) is 22.7 Å². The molecule has 2 heterocycles. The van der Waals surface area contributed by atoms with Crippen LogP contribution in [0.1, 0.15) is 200 Å². The topological polar surface area (TPSA) is 248 Å². The van der Waals surface area contributed by atoms with E-state index in [9.17, 15) is 38.7 Å². The molecular formula is C44H83N3O14P2. The van der Waals surface area contributed by atoms with Gasteiger partial charge in [-0.1, -0.05) is 174 Å². The Balaban J connectivity index is 1.77. The molecule has 1 fully saturated rings. The van der Waals surface area contributed by atoms with Crippen molar-refractivity contribution >= 4 is 27.4 Å². The fourth-order valence-electron chi connectivity index (χ4n) is 7.50. The number of aliphatic hydroxyl groups is 2. The molecule has 63 heavy (non-hydrogen) atoms. The number of hydrogen-bond donors (Lipinski definition) is 5. The number of carbonyl (C=O) groups excluding carboxylic acids is 1. The van der Waals surface area contributed by atoms with Crippen molar-refractivity contribution in [2.75, 3.05) is 32.2 Å². The second-order valence-corrected chi connectivity index (χ2v) is 20.0. The Morgan fingerprint density at radius 2 is 1.17 bits per heavy atom. The first-order valence-electron chi connectivity index (χ1n) is 24.1. The number of ether oxygens (including phenoxy) is 3. The summed E-state index contributed by atoms with van der Waals surface area (Å²) in [5.41, 5.74) is 4.61. The van der Waals surface area contributed by atoms with Crippen LogP contribution in [0.5, 0.6) is 0 Å². The summed E-state index contributed by atoms with van der Waals surface area (Å²) in [7, 11) is -10.6. The van der Waals surface area contributed by atoms with E-state index in [2.05, 4.69) is 23.1 Å². The normalized spacial score (nSPS) is 20.1. The van der Waals surface area contributed by atoms with Crippen LogP contribution in [0.3, 0.4) is 0 Å². The number of esters is 1. The van der Waals surface area contributed by atoms with Crippen molar-refractivity contribution in [3.63, 3.8) is 0 Å². The molecule has 7 atom stereocenters. The number of aliphatic hydroxyl groups excluding tert-OH is 2. The van der Waals surface area contributed by atoms with Gasteiger partial charge in [-0.25, -0.2) is 13.9 Å². The molecule has 17 nitrogen and oxygen atoms in total. The summed E-state index contributed by atoms with van der Waals surface area (Å²) >= 11 is 0. The minimum absolute atomic E-state index is 0.0829. The summed E-state index contributed by atoms with van der Waals surface area (Å²) in [6.45, 7) is 3.13. The molecule has 0 aliphatic carbocycles. The van der Waals surface area contributed by atoms with Crippen LogP contribution < -0.4 is 11.4 Å². The molecule has 1 saturated heterocycles. The Bertz CT molecular complexity index is 1490. The third-order valence-corrected chi connectivity index (χ3v) is 13.8. The quantitative estimate of drug-likeness (QED) is 0.0233. The molecule has 0 bridgehead atoms. The Morgan fingerprint density at radius 1 is 0.714 bits per heavy atom. The number of nitrogens with zero attached hydrogens (tertiary/aromatic N) is 2. The highest BCUT2D eigenvalue weighted by atomic mass is 31.3. The van der Waals surface area contributed by atoms with Crippen LogP contribution in [-0.2, 0) is 41.5 Å². The van der Waals surface area contributed by atoms with E-state index in [1.807, 2.05) is 0 Å². The highest BCUT2D eigenvalue weighted by Crippen LogP contribution is 2.60. The third kappa shape index (κ3) is 27.5. The Labute approximate surface area is 376 Å². The minimum Gasteiger partial charge on any atom is -0.457 e. The molecular weight excluding hydrogens is 856 g/mol. The number of aromatic nitrogens is 2. The number of hydrogen-bond acceptors (Lipinski definition) is 14. The summed E-state index contributed by atoms with van der Waals surface area (Å²) in [6.07, 6.45) is 26.1. The Kier molecular flexibility index (Phi) is 31.5. The van der Waals surface area contributed by atoms with E-state index in [4.69, 9.17) is 29.0 Å². The van der Waals surface area contributed by atoms with Crippen LogP contribution in [0.25, 0.3) is 0 Å². The van der Waals surface area contributed by atoms with Gasteiger partial charge in [0.1, 0.15) is 30.2 Å². The summed E-state index contributed by atoms with van der Waals surface area (Å²) < 4.78 is 57.4. The van der Waals surface area contributed by atoms with Gasteiger partial charge in [-0.05, 0) is 18.9 Å². The number of phosphoric ester groups is 2. The lowest BCUT2D eigenvalue weighted by Crippen LogP contribution is -2.36. The molecule has 368 valence electrons. The maximum atomic E-state index is 12.8. The molecule has 0 spiro atoms. The van der Waals surface area contributed by atoms with E-state index >= 15 is 0 Å². The molecule has 1 aromatic rings. The summed E-state index contributed by atoms with van der Waals surface area (Å²) in [4.78, 5) is 49.2. The lowest BCUT2D eigenvalue weighted by atomic mass is 10.0. The number of nitrogen functional groups attached to an aromatic ring is 1. The second kappa shape index (κ2) is 34.5. The largest absolute Gasteiger partial charge is 0.481 e. The van der Waals surface area contributed by atoms with E-state index in [0.717, 1.165) is 49.5 Å². The number of rotatable bonds is 41. The molecule has 6 N–H and O–H groups in total. The van der Waals surface area contributed by atoms with Crippen LogP contribution in [0.15, 0.2) is 17.1 Å². The van der Waals surface area contributed by atoms with Crippen molar-refractivity contribution in [3.8, 4) is 0 Å². The van der Waals surface area contributed by atoms with Crippen LogP contribution in [0.2, 0.25) is 0 Å². The van der Waals surface area contributed by atoms with Crippen LogP contribution in [-0.4, -0.2) is 86.4 Å². The number of anilines is 1. The minimum atomic E-state index is -5.35. The van der Waals surface area contributed by atoms with E-state index < -0.39 is 71.2 Å². The summed E-state index contributed by atoms with van der Waals surface area (Å²) in [5.74, 6) is -0.607. The van der Waals surface area contributed by atoms with Gasteiger partial charge in [0.2, 0.25) is 0 Å². The number of phosphoric acid groups is 2. The van der Waals surface area contributed by atoms with Gasteiger partial charge in [-0.3, -0.25) is 18.4 Å². The van der Waals surface area contributed by atoms with Crippen molar-refractivity contribution in [1.82, 2.24) is 9.55 Å². The van der Waals surface area contributed by atoms with Crippen LogP contribution >= 0.6 is 15.6 Å². The van der Waals surface area contributed by atoms with Gasteiger partial charge in [0, 0.05) is 19.2 Å². The molecule has 1 aliphatic rings. The predicted octanol–water partition coefficient (Wildman–Crippen LogP) is 9.59. The van der Waals surface area contributed by atoms with Crippen molar-refractivity contribution in [2.24, 2.45) is 0 Å². The average molecular weight is 940 g/mol. The highest BCUT2D eigenvalue weighted by Gasteiger charge is 2.46. The zero-order valence-corrected chi connectivity index (χ0v) is 40.2. The van der Waals surface area contributed by atoms with E-state index in [-0.39, 0.29) is 18.8 Å². The molecule has 0 amide bonds. The lowest BCUT2D eigenvalue weighted by Gasteiger charge is -2.21. The SMILES string of the molecule is CCCCCCCCCCCCCCCCOC[C@@H](COP(=O)(O)OP(=O)(O)OC[C@H]1O[C@@H](n2ccc(N)nc2=O)[C@@H](O)[C@@H]1O)OC(=O)CCCCCCCCCCCCCCC. The van der Waals surface area contributed by atoms with Gasteiger partial charge in [0.05, 0.1) is 19.8 Å². The van der Waals surface area contributed by atoms with Gasteiger partial charge in [0.15, 0.2) is 6.23 Å². The maximum absolute atomic E-state index is 12.8. The molecule has 0 aromatic carbocycles. The zero-order valence-electron chi connectivity index (χ0n) is 38.4. The number of nitrogens with two attached hydrogens (primary N) is 1. The van der Waals surface area contributed by atoms with E-state index in [0.29, 0.717) is 13.0 Å². The van der Waals surface area contributed by atoms with Crippen molar-refractivity contribution in [2.45, 2.75) is 224 Å². The standard InChI is InChI=1S/C44H83N3O14P2/c1-3-5-7-9-11-13-15-17-19-21-23-25-27-29-33-56-34-37(59-40(48)30-28-26-24-22-20-18-16-14-12-10-8-6-4-2)35-57-62(52,53)61-63(54,55)58-36-38-41(49)42(50)43(60-38)47-32-31-39(45)46-44(47)51/h31-32,37-38,41-43,49-50H,3-30,33-36H2,1-2H3,(H,52,53)(H,54,55)(H2,45,46,51)/t37-,38+,41+,42-,43+/m0/s1. The maximum Gasteiger partial charge on any atom is 0.481 e. The fourth-order valence-corrected chi connectivity index (χ4v) is 9.61. The lowest BCUT2D eigenvalue weighted by molar-refractivity contribution is -0.154. The first kappa shape index (κ1) is 57.4. The summed E-state index contributed by atoms with van der Waals surface area (Å²) in [6, 6.07) is 1.27. The van der Waals surface area contributed by atoms with E-state index in [1.54, 1.807) is 0 Å². The van der Waals surface area contributed by atoms with Gasteiger partial charge in [-0.2, -0.15) is 9.29 Å². The van der Waals surface area contributed by atoms with Crippen LogP contribution in [0, 0.1) is 0 Å². The fraction of sp³-hybridized carbons (Fsp3) is 0.886. The molecule has 2 rings (SSSR count). The molecule has 19 heteroatoms. The molecule has 1 aromatic heterocycles. The Morgan fingerprint density at radius 3 is 1.67 bits per heavy atom. The first-order valence-corrected chi connectivity index (χ1v) is 27.1. The molecule has 0 saturated carbocycles. The Hall–Kier alpha value is -1.75. The van der Waals surface area contributed by atoms with Crippen molar-refractivity contribution in [1.29, 1.82) is 0 Å². The zero-order chi connectivity index (χ0) is 46.2.